The largest absolute Gasteiger partial charge is 0.480 e. The molecule has 0 aliphatic rings. The summed E-state index contributed by atoms with van der Waals surface area (Å²) >= 11 is 6.28. The molecule has 0 unspecified atom stereocenters. The van der Waals surface area contributed by atoms with Gasteiger partial charge in [0.1, 0.15) is 13.2 Å². The number of aliphatic carboxylic acids is 2. The molecule has 1 aromatic rings. The fourth-order valence-corrected chi connectivity index (χ4v) is 5.61. The molecule has 0 radical (unpaired) electrons. The number of aromatic carboxylic acids is 1. The number of hydrogen-bond acceptors (Lipinski definition) is 5. The summed E-state index contributed by atoms with van der Waals surface area (Å²) in [5.74, 6) is -3.22. The lowest BCUT2D eigenvalue weighted by molar-refractivity contribution is -0.148. The zero-order chi connectivity index (χ0) is 18.2. The molecule has 8 nitrogen and oxygen atoms in total. The van der Waals surface area contributed by atoms with Crippen molar-refractivity contribution in [3.63, 3.8) is 0 Å². The van der Waals surface area contributed by atoms with Gasteiger partial charge in [-0.3, -0.25) is 0 Å². The van der Waals surface area contributed by atoms with Gasteiger partial charge in [-0.2, -0.15) is 0 Å². The van der Waals surface area contributed by atoms with E-state index in [0.29, 0.717) is 5.56 Å². The lowest BCUT2D eigenvalue weighted by atomic mass is 10.2. The zero-order valence-corrected chi connectivity index (χ0v) is 18.1. The summed E-state index contributed by atoms with van der Waals surface area (Å²) in [6, 6.07) is 1.86. The third-order valence-electron chi connectivity index (χ3n) is 2.09. The smallest absolute Gasteiger partial charge is 0.337 e. The van der Waals surface area contributed by atoms with Crippen LogP contribution in [0.2, 0.25) is 0 Å². The van der Waals surface area contributed by atoms with Crippen LogP contribution in [-0.2, 0) is 14.3 Å². The van der Waals surface area contributed by atoms with E-state index in [1.807, 2.05) is 28.7 Å². The maximum absolute atomic E-state index is 11.0. The van der Waals surface area contributed by atoms with E-state index in [2.05, 4.69) is 55.2 Å². The van der Waals surface area contributed by atoms with E-state index < -0.39 is 31.1 Å². The summed E-state index contributed by atoms with van der Waals surface area (Å²) < 4.78 is 6.71. The number of anilines is 1. The van der Waals surface area contributed by atoms with E-state index in [4.69, 9.17) is 15.3 Å². The topological polar surface area (TPSA) is 133 Å². The second-order valence-corrected chi connectivity index (χ2v) is 7.14. The van der Waals surface area contributed by atoms with E-state index in [-0.39, 0.29) is 0 Å². The molecule has 23 heavy (non-hydrogen) atoms. The van der Waals surface area contributed by atoms with Crippen molar-refractivity contribution in [1.29, 1.82) is 0 Å². The van der Waals surface area contributed by atoms with Crippen LogP contribution in [0.4, 0.5) is 5.69 Å². The van der Waals surface area contributed by atoms with Gasteiger partial charge in [-0.25, -0.2) is 14.4 Å². The van der Waals surface area contributed by atoms with Crippen LogP contribution in [0, 0.1) is 10.7 Å². The molecule has 0 aliphatic carbocycles. The molecular weight excluding hydrogens is 651 g/mol. The number of hydrogen-bond donors (Lipinski definition) is 4. The first kappa shape index (κ1) is 22.6. The van der Waals surface area contributed by atoms with Crippen LogP contribution >= 0.6 is 67.8 Å². The molecule has 4 N–H and O–H groups in total. The molecule has 1 aromatic carbocycles. The second-order valence-electron chi connectivity index (χ2n) is 3.74. The number of ether oxygens (including phenoxy) is 1. The Balaban J connectivity index is 0.000000468. The van der Waals surface area contributed by atoms with Crippen LogP contribution in [0.15, 0.2) is 6.07 Å². The summed E-state index contributed by atoms with van der Waals surface area (Å²) in [5.41, 5.74) is 1.25. The molecule has 0 amide bonds. The standard InChI is InChI=1S/C8H6I3NO2.C4H6O5/c1-12-7-4(10)2-3(9)5(6(7)11)8(13)14;5-3(6)1-9-2-4(7)8/h2,12H,1H3,(H,13,14);1-2H2,(H,5,6)(H,7,8). The molecule has 0 saturated heterocycles. The van der Waals surface area contributed by atoms with Gasteiger partial charge in [0.25, 0.3) is 0 Å². The van der Waals surface area contributed by atoms with Gasteiger partial charge < -0.3 is 25.4 Å². The van der Waals surface area contributed by atoms with Gasteiger partial charge in [-0.15, -0.1) is 0 Å². The van der Waals surface area contributed by atoms with Crippen molar-refractivity contribution >= 4 is 91.4 Å². The van der Waals surface area contributed by atoms with E-state index in [1.165, 1.54) is 0 Å². The van der Waals surface area contributed by atoms with E-state index in [9.17, 15) is 14.4 Å². The first-order valence-electron chi connectivity index (χ1n) is 5.71. The fourth-order valence-electron chi connectivity index (χ4n) is 1.24. The molecule has 0 aliphatic heterocycles. The highest BCUT2D eigenvalue weighted by Gasteiger charge is 2.18. The number of halogens is 3. The molecular formula is C12H12I3NO7. The van der Waals surface area contributed by atoms with Gasteiger partial charge in [0, 0.05) is 14.2 Å². The molecule has 128 valence electrons. The van der Waals surface area contributed by atoms with E-state index in [0.717, 1.165) is 16.4 Å². The third kappa shape index (κ3) is 8.30. The van der Waals surface area contributed by atoms with Gasteiger partial charge in [-0.05, 0) is 73.8 Å². The molecule has 0 saturated carbocycles. The Morgan fingerprint density at radius 1 is 1.04 bits per heavy atom. The Kier molecular flexibility index (Phi) is 11.0. The first-order chi connectivity index (χ1) is 10.6. The number of carboxylic acid groups (broad SMARTS) is 3. The number of benzene rings is 1. The maximum atomic E-state index is 11.0. The number of nitrogens with one attached hydrogen (secondary N) is 1. The number of carboxylic acids is 3. The summed E-state index contributed by atoms with van der Waals surface area (Å²) in [5, 5.41) is 27.8. The molecule has 0 spiro atoms. The van der Waals surface area contributed by atoms with Crippen molar-refractivity contribution in [2.24, 2.45) is 0 Å². The summed E-state index contributed by atoms with van der Waals surface area (Å²) in [7, 11) is 1.79. The lowest BCUT2D eigenvalue weighted by Gasteiger charge is -2.11. The van der Waals surface area contributed by atoms with Crippen LogP contribution in [0.25, 0.3) is 0 Å². The van der Waals surface area contributed by atoms with Crippen molar-refractivity contribution in [2.45, 2.75) is 0 Å². The van der Waals surface area contributed by atoms with Crippen LogP contribution in [0.1, 0.15) is 10.4 Å². The SMILES string of the molecule is CNc1c(I)cc(I)c(C(=O)O)c1I.O=C(O)COCC(=O)O. The number of carbonyl (C=O) groups is 3. The Hall–Kier alpha value is -0.420. The highest BCUT2D eigenvalue weighted by atomic mass is 127. The maximum Gasteiger partial charge on any atom is 0.337 e. The van der Waals surface area contributed by atoms with Crippen LogP contribution in [-0.4, -0.2) is 53.5 Å². The minimum atomic E-state index is -1.17. The monoisotopic (exact) mass is 663 g/mol. The molecule has 0 fully saturated rings. The minimum absolute atomic E-state index is 0.371. The van der Waals surface area contributed by atoms with Crippen molar-refractivity contribution in [3.8, 4) is 0 Å². The van der Waals surface area contributed by atoms with Gasteiger partial charge in [0.15, 0.2) is 0 Å². The quantitative estimate of drug-likeness (QED) is 0.342. The predicted octanol–water partition coefficient (Wildman–Crippen LogP) is 2.41. The average Bonchev–Trinajstić information content (AvgIpc) is 2.37. The molecule has 1 rings (SSSR count). The third-order valence-corrected chi connectivity index (χ3v) is 4.87. The Bertz CT molecular complexity index is 593. The zero-order valence-electron chi connectivity index (χ0n) is 11.6. The van der Waals surface area contributed by atoms with Gasteiger partial charge in [0.05, 0.1) is 14.8 Å². The molecule has 0 atom stereocenters. The lowest BCUT2D eigenvalue weighted by Crippen LogP contribution is -2.13. The number of rotatable bonds is 6. The molecule has 11 heteroatoms. The predicted molar refractivity (Wildman–Crippen MR) is 107 cm³/mol. The highest BCUT2D eigenvalue weighted by Crippen LogP contribution is 2.31. The van der Waals surface area contributed by atoms with E-state index >= 15 is 0 Å². The van der Waals surface area contributed by atoms with Gasteiger partial charge in [0.2, 0.25) is 0 Å². The molecule has 0 bridgehead atoms. The van der Waals surface area contributed by atoms with Gasteiger partial charge >= 0.3 is 17.9 Å². The van der Waals surface area contributed by atoms with Crippen LogP contribution in [0.3, 0.4) is 0 Å². The van der Waals surface area contributed by atoms with Crippen LogP contribution < -0.4 is 5.32 Å². The minimum Gasteiger partial charge on any atom is -0.480 e. The normalized spacial score (nSPS) is 9.57. The Morgan fingerprint density at radius 2 is 1.52 bits per heavy atom. The Labute approximate surface area is 172 Å². The van der Waals surface area contributed by atoms with E-state index in [1.54, 1.807) is 7.05 Å². The van der Waals surface area contributed by atoms with Crippen molar-refractivity contribution in [2.75, 3.05) is 25.6 Å². The molecule has 0 heterocycles. The molecule has 0 aromatic heterocycles. The van der Waals surface area contributed by atoms with Crippen molar-refractivity contribution in [1.82, 2.24) is 0 Å². The summed E-state index contributed by atoms with van der Waals surface area (Å²) in [6.45, 7) is -1.13. The Morgan fingerprint density at radius 3 is 1.87 bits per heavy atom. The second kappa shape index (κ2) is 11.2. The summed E-state index contributed by atoms with van der Waals surface area (Å²) in [6.07, 6.45) is 0. The fraction of sp³-hybridized carbons (Fsp3) is 0.250. The average molecular weight is 663 g/mol. The van der Waals surface area contributed by atoms with Gasteiger partial charge in [-0.1, -0.05) is 0 Å². The first-order valence-corrected chi connectivity index (χ1v) is 8.95. The highest BCUT2D eigenvalue weighted by molar-refractivity contribution is 14.1. The van der Waals surface area contributed by atoms with Crippen LogP contribution in [0.5, 0.6) is 0 Å². The van der Waals surface area contributed by atoms with Crippen molar-refractivity contribution < 1.29 is 34.4 Å². The summed E-state index contributed by atoms with van der Waals surface area (Å²) in [4.78, 5) is 30.3. The van der Waals surface area contributed by atoms with Crippen molar-refractivity contribution in [3.05, 3.63) is 22.3 Å².